The number of aromatic nitrogens is 3. The third kappa shape index (κ3) is 3.09. The molecule has 1 aliphatic rings. The monoisotopic (exact) mass is 369 g/mol. The lowest BCUT2D eigenvalue weighted by Gasteiger charge is -2.32. The summed E-state index contributed by atoms with van der Waals surface area (Å²) in [6.45, 7) is 4.82. The van der Waals surface area contributed by atoms with Gasteiger partial charge in [-0.15, -0.1) is 10.2 Å². The summed E-state index contributed by atoms with van der Waals surface area (Å²) in [5, 5.41) is 9.74. The number of nitrogens with zero attached hydrogens (tertiary/aromatic N) is 4. The highest BCUT2D eigenvalue weighted by molar-refractivity contribution is 8.00. The number of hydrogen-bond acceptors (Lipinski definition) is 6. The van der Waals surface area contributed by atoms with Gasteiger partial charge in [0.1, 0.15) is 0 Å². The fourth-order valence-electron chi connectivity index (χ4n) is 2.80. The van der Waals surface area contributed by atoms with Crippen LogP contribution in [0.1, 0.15) is 19.7 Å². The molecule has 0 unspecified atom stereocenters. The molecule has 0 fully saturated rings. The summed E-state index contributed by atoms with van der Waals surface area (Å²) in [6, 6.07) is 16.8. The van der Waals surface area contributed by atoms with Gasteiger partial charge in [0.05, 0.1) is 17.9 Å². The van der Waals surface area contributed by atoms with Crippen LogP contribution in [0.15, 0.2) is 63.5 Å². The number of benzene rings is 2. The van der Waals surface area contributed by atoms with Crippen molar-refractivity contribution in [2.24, 2.45) is 0 Å². The van der Waals surface area contributed by atoms with E-state index in [0.717, 1.165) is 11.0 Å². The fraction of sp³-hybridized carbons (Fsp3) is 0.222. The first-order valence-electron chi connectivity index (χ1n) is 8.13. The summed E-state index contributed by atoms with van der Waals surface area (Å²) in [5.74, 6) is 7.00. The maximum absolute atomic E-state index is 6.25. The molecule has 0 spiro atoms. The van der Waals surface area contributed by atoms with E-state index >= 15 is 0 Å². The number of para-hydroxylation sites is 2. The van der Waals surface area contributed by atoms with Gasteiger partial charge in [-0.25, -0.2) is 4.68 Å². The van der Waals surface area contributed by atoms with E-state index in [4.69, 9.17) is 5.84 Å². The second kappa shape index (κ2) is 6.65. The highest BCUT2D eigenvalue weighted by Crippen LogP contribution is 2.48. The SMILES string of the molecule is CC(C)Sc1nnc(CN2c3ccccc3Sc3ccccc32)n1N. The van der Waals surface area contributed by atoms with Gasteiger partial charge >= 0.3 is 0 Å². The van der Waals surface area contributed by atoms with E-state index in [1.54, 1.807) is 28.2 Å². The number of nitrogen functional groups attached to an aromatic ring is 1. The Bertz CT molecular complexity index is 860. The van der Waals surface area contributed by atoms with Crippen molar-refractivity contribution in [3.05, 3.63) is 54.4 Å². The zero-order chi connectivity index (χ0) is 17.4. The fourth-order valence-corrected chi connectivity index (χ4v) is 4.62. The van der Waals surface area contributed by atoms with Crippen LogP contribution in [0.25, 0.3) is 0 Å². The Hall–Kier alpha value is -2.12. The first-order chi connectivity index (χ1) is 12.1. The molecule has 128 valence electrons. The number of thioether (sulfide) groups is 1. The summed E-state index contributed by atoms with van der Waals surface area (Å²) in [4.78, 5) is 4.74. The lowest BCUT2D eigenvalue weighted by atomic mass is 10.2. The Morgan fingerprint density at radius 2 is 1.60 bits per heavy atom. The van der Waals surface area contributed by atoms with Crippen molar-refractivity contribution in [3.8, 4) is 0 Å². The first-order valence-corrected chi connectivity index (χ1v) is 9.82. The van der Waals surface area contributed by atoms with Gasteiger partial charge in [-0.05, 0) is 24.3 Å². The summed E-state index contributed by atoms with van der Waals surface area (Å²) < 4.78 is 1.61. The Morgan fingerprint density at radius 3 is 2.20 bits per heavy atom. The molecular weight excluding hydrogens is 350 g/mol. The normalized spacial score (nSPS) is 13.0. The number of fused-ring (bicyclic) bond motifs is 2. The lowest BCUT2D eigenvalue weighted by molar-refractivity contribution is 0.766. The zero-order valence-corrected chi connectivity index (χ0v) is 15.7. The van der Waals surface area contributed by atoms with E-state index in [-0.39, 0.29) is 0 Å². The van der Waals surface area contributed by atoms with Gasteiger partial charge in [-0.2, -0.15) is 0 Å². The summed E-state index contributed by atoms with van der Waals surface area (Å²) in [5.41, 5.74) is 2.35. The van der Waals surface area contributed by atoms with Gasteiger partial charge in [0, 0.05) is 15.0 Å². The minimum atomic E-state index is 0.409. The van der Waals surface area contributed by atoms with Crippen LogP contribution in [0.4, 0.5) is 11.4 Å². The van der Waals surface area contributed by atoms with E-state index in [1.807, 2.05) is 0 Å². The van der Waals surface area contributed by atoms with Crippen molar-refractivity contribution in [2.45, 2.75) is 40.6 Å². The maximum atomic E-state index is 6.25. The van der Waals surface area contributed by atoms with Crippen LogP contribution >= 0.6 is 23.5 Å². The molecule has 25 heavy (non-hydrogen) atoms. The Balaban J connectivity index is 1.72. The van der Waals surface area contributed by atoms with Crippen molar-refractivity contribution in [1.82, 2.24) is 14.9 Å². The molecule has 2 heterocycles. The quantitative estimate of drug-likeness (QED) is 0.547. The Morgan fingerprint density at radius 1 is 1.00 bits per heavy atom. The number of rotatable bonds is 4. The van der Waals surface area contributed by atoms with Crippen LogP contribution in [0.5, 0.6) is 0 Å². The molecule has 0 saturated carbocycles. The smallest absolute Gasteiger partial charge is 0.210 e. The van der Waals surface area contributed by atoms with Crippen molar-refractivity contribution < 1.29 is 0 Å². The number of nitrogens with two attached hydrogens (primary N) is 1. The molecule has 7 heteroatoms. The zero-order valence-electron chi connectivity index (χ0n) is 14.1. The van der Waals surface area contributed by atoms with Gasteiger partial charge in [0.25, 0.3) is 0 Å². The molecule has 0 amide bonds. The molecule has 2 N–H and O–H groups in total. The molecule has 2 aromatic carbocycles. The predicted octanol–water partition coefficient (Wildman–Crippen LogP) is 4.30. The van der Waals surface area contributed by atoms with E-state index in [0.29, 0.717) is 11.8 Å². The number of anilines is 2. The molecule has 0 aliphatic carbocycles. The second-order valence-corrected chi connectivity index (χ2v) is 8.69. The summed E-state index contributed by atoms with van der Waals surface area (Å²) in [7, 11) is 0. The van der Waals surface area contributed by atoms with Crippen molar-refractivity contribution in [2.75, 3.05) is 10.7 Å². The molecule has 5 nitrogen and oxygen atoms in total. The molecule has 4 rings (SSSR count). The van der Waals surface area contributed by atoms with Crippen molar-refractivity contribution >= 4 is 34.9 Å². The molecule has 0 atom stereocenters. The van der Waals surface area contributed by atoms with Crippen LogP contribution in [0.2, 0.25) is 0 Å². The minimum absolute atomic E-state index is 0.409. The van der Waals surface area contributed by atoms with Gasteiger partial charge in [0.15, 0.2) is 5.82 Å². The summed E-state index contributed by atoms with van der Waals surface area (Å²) >= 11 is 3.42. The second-order valence-electron chi connectivity index (χ2n) is 6.06. The standard InChI is InChI=1S/C18H19N5S2/c1-12(2)24-18-21-20-17(23(18)19)11-22-13-7-3-5-9-15(13)25-16-10-6-4-8-14(16)22/h3-10,12H,11,19H2,1-2H3. The van der Waals surface area contributed by atoms with E-state index in [9.17, 15) is 0 Å². The van der Waals surface area contributed by atoms with Gasteiger partial charge in [-0.1, -0.05) is 61.6 Å². The predicted molar refractivity (Wildman–Crippen MR) is 104 cm³/mol. The Labute approximate surface area is 155 Å². The van der Waals surface area contributed by atoms with Gasteiger partial charge < -0.3 is 10.7 Å². The summed E-state index contributed by atoms with van der Waals surface area (Å²) in [6.07, 6.45) is 0. The average Bonchev–Trinajstić information content (AvgIpc) is 2.94. The minimum Gasteiger partial charge on any atom is -0.335 e. The highest BCUT2D eigenvalue weighted by atomic mass is 32.2. The first kappa shape index (κ1) is 16.4. The molecule has 1 aromatic heterocycles. The Kier molecular flexibility index (Phi) is 4.35. The van der Waals surface area contributed by atoms with E-state index in [1.165, 1.54) is 21.2 Å². The van der Waals surface area contributed by atoms with Crippen LogP contribution in [-0.2, 0) is 6.54 Å². The third-order valence-corrected chi connectivity index (χ3v) is 6.00. The topological polar surface area (TPSA) is 60.0 Å². The van der Waals surface area contributed by atoms with Gasteiger partial charge in [0.2, 0.25) is 5.16 Å². The van der Waals surface area contributed by atoms with Crippen LogP contribution in [0, 0.1) is 0 Å². The number of hydrogen-bond donors (Lipinski definition) is 1. The molecule has 3 aromatic rings. The molecule has 0 bridgehead atoms. The van der Waals surface area contributed by atoms with Crippen LogP contribution < -0.4 is 10.7 Å². The largest absolute Gasteiger partial charge is 0.335 e. The maximum Gasteiger partial charge on any atom is 0.210 e. The van der Waals surface area contributed by atoms with E-state index < -0.39 is 0 Å². The van der Waals surface area contributed by atoms with Crippen molar-refractivity contribution in [3.63, 3.8) is 0 Å². The molecule has 0 saturated heterocycles. The molecule has 1 aliphatic heterocycles. The van der Waals surface area contributed by atoms with Crippen LogP contribution in [-0.4, -0.2) is 20.1 Å². The third-order valence-electron chi connectivity index (χ3n) is 3.91. The lowest BCUT2D eigenvalue weighted by Crippen LogP contribution is -2.25. The highest BCUT2D eigenvalue weighted by Gasteiger charge is 2.25. The van der Waals surface area contributed by atoms with Crippen molar-refractivity contribution in [1.29, 1.82) is 0 Å². The van der Waals surface area contributed by atoms with E-state index in [2.05, 4.69) is 77.5 Å². The average molecular weight is 370 g/mol. The van der Waals surface area contributed by atoms with Gasteiger partial charge in [-0.3, -0.25) is 0 Å². The van der Waals surface area contributed by atoms with Crippen LogP contribution in [0.3, 0.4) is 0 Å². The molecule has 0 radical (unpaired) electrons. The molecular formula is C18H19N5S2.